The van der Waals surface area contributed by atoms with Gasteiger partial charge >= 0.3 is 0 Å². The molecule has 0 saturated heterocycles. The largest absolute Gasteiger partial charge is 0.286 e. The zero-order chi connectivity index (χ0) is 19.4. The second-order valence-corrected chi connectivity index (χ2v) is 7.93. The van der Waals surface area contributed by atoms with Crippen LogP contribution in [0.2, 0.25) is 0 Å². The molecule has 0 N–H and O–H groups in total. The highest BCUT2D eigenvalue weighted by Crippen LogP contribution is 2.20. The van der Waals surface area contributed by atoms with Crippen LogP contribution in [0.3, 0.4) is 0 Å². The summed E-state index contributed by atoms with van der Waals surface area (Å²) < 4.78 is 2.14. The van der Waals surface area contributed by atoms with Crippen LogP contribution in [0, 0.1) is 0 Å². The maximum atomic E-state index is 4.37. The number of benzene rings is 2. The molecular weight excluding hydrogens is 342 g/mol. The van der Waals surface area contributed by atoms with Crippen molar-refractivity contribution in [1.82, 2.24) is 14.8 Å². The molecule has 0 radical (unpaired) electrons. The van der Waals surface area contributed by atoms with Crippen molar-refractivity contribution in [2.75, 3.05) is 0 Å². The van der Waals surface area contributed by atoms with Crippen LogP contribution in [0.15, 0.2) is 48.8 Å². The van der Waals surface area contributed by atoms with E-state index in [4.69, 9.17) is 0 Å². The molecule has 0 saturated carbocycles. The number of rotatable bonds is 13. The van der Waals surface area contributed by atoms with Gasteiger partial charge in [0, 0.05) is 12.1 Å². The van der Waals surface area contributed by atoms with E-state index in [1.165, 1.54) is 81.4 Å². The maximum absolute atomic E-state index is 4.37. The average Bonchev–Trinajstić information content (AvgIpc) is 3.20. The third-order valence-corrected chi connectivity index (χ3v) is 5.63. The smallest absolute Gasteiger partial charge is 0.137 e. The number of unbranched alkanes of at least 4 members (excludes halogenated alkanes) is 10. The summed E-state index contributed by atoms with van der Waals surface area (Å²) in [6.45, 7) is 2.28. The molecule has 0 aliphatic heterocycles. The lowest BCUT2D eigenvalue weighted by atomic mass is 10.1. The molecule has 0 aliphatic carbocycles. The summed E-state index contributed by atoms with van der Waals surface area (Å²) in [5, 5.41) is 11.1. The monoisotopic (exact) mass is 377 g/mol. The lowest BCUT2D eigenvalue weighted by molar-refractivity contribution is 0.547. The van der Waals surface area contributed by atoms with E-state index in [1.807, 2.05) is 6.33 Å². The van der Waals surface area contributed by atoms with Crippen LogP contribution in [0.1, 0.15) is 83.4 Å². The number of nitrogens with zero attached hydrogens (tertiary/aromatic N) is 3. The van der Waals surface area contributed by atoms with Crippen molar-refractivity contribution in [3.8, 4) is 5.69 Å². The quantitative estimate of drug-likeness (QED) is 0.293. The third-order valence-electron chi connectivity index (χ3n) is 5.63. The third kappa shape index (κ3) is 6.19. The Morgan fingerprint density at radius 3 is 2.07 bits per heavy atom. The average molecular weight is 378 g/mol. The fraction of sp³-hybridized carbons (Fsp3) is 0.520. The number of hydrogen-bond donors (Lipinski definition) is 0. The summed E-state index contributed by atoms with van der Waals surface area (Å²) in [4.78, 5) is 0. The van der Waals surface area contributed by atoms with Gasteiger partial charge in [0.2, 0.25) is 0 Å². The van der Waals surface area contributed by atoms with Gasteiger partial charge in [-0.3, -0.25) is 4.57 Å². The maximum Gasteiger partial charge on any atom is 0.137 e. The Bertz CT molecular complexity index is 821. The fourth-order valence-corrected chi connectivity index (χ4v) is 3.92. The molecule has 28 heavy (non-hydrogen) atoms. The van der Waals surface area contributed by atoms with Gasteiger partial charge in [-0.15, -0.1) is 10.2 Å². The van der Waals surface area contributed by atoms with Crippen molar-refractivity contribution in [1.29, 1.82) is 0 Å². The topological polar surface area (TPSA) is 30.7 Å². The summed E-state index contributed by atoms with van der Waals surface area (Å²) in [6.07, 6.45) is 17.9. The molecule has 0 spiro atoms. The van der Waals surface area contributed by atoms with E-state index in [1.54, 1.807) is 0 Å². The first kappa shape index (κ1) is 20.6. The standard InChI is InChI=1S/C25H35N3/c1-2-3-4-5-6-7-8-9-10-11-12-17-25-27-26-21-28(25)24-19-18-22-15-13-14-16-23(22)20-24/h13-16,18-21H,2-12,17H2,1H3. The summed E-state index contributed by atoms with van der Waals surface area (Å²) >= 11 is 0. The van der Waals surface area contributed by atoms with Gasteiger partial charge in [0.05, 0.1) is 0 Å². The summed E-state index contributed by atoms with van der Waals surface area (Å²) in [5.74, 6) is 1.08. The van der Waals surface area contributed by atoms with Crippen LogP contribution in [0.5, 0.6) is 0 Å². The SMILES string of the molecule is CCCCCCCCCCCCCc1nncn1-c1ccc2ccccc2c1. The molecule has 2 aromatic carbocycles. The Morgan fingerprint density at radius 2 is 1.36 bits per heavy atom. The molecule has 0 amide bonds. The molecule has 0 aliphatic rings. The molecule has 1 heterocycles. The summed E-state index contributed by atoms with van der Waals surface area (Å²) in [5.41, 5.74) is 1.15. The number of hydrogen-bond acceptors (Lipinski definition) is 2. The first-order valence-electron chi connectivity index (χ1n) is 11.3. The van der Waals surface area contributed by atoms with Crippen LogP contribution in [0.4, 0.5) is 0 Å². The minimum Gasteiger partial charge on any atom is -0.286 e. The minimum absolute atomic E-state index is 1.00. The van der Waals surface area contributed by atoms with Crippen LogP contribution in [-0.4, -0.2) is 14.8 Å². The van der Waals surface area contributed by atoms with E-state index < -0.39 is 0 Å². The highest BCUT2D eigenvalue weighted by atomic mass is 15.3. The molecule has 3 nitrogen and oxygen atoms in total. The van der Waals surface area contributed by atoms with Gasteiger partial charge < -0.3 is 0 Å². The van der Waals surface area contributed by atoms with Gasteiger partial charge in [0.1, 0.15) is 12.2 Å². The van der Waals surface area contributed by atoms with Crippen molar-refractivity contribution in [2.24, 2.45) is 0 Å². The Kier molecular flexibility index (Phi) is 8.54. The summed E-state index contributed by atoms with van der Waals surface area (Å²) in [6, 6.07) is 15.0. The van der Waals surface area contributed by atoms with Crippen LogP contribution in [-0.2, 0) is 6.42 Å². The number of aryl methyl sites for hydroxylation is 1. The van der Waals surface area contributed by atoms with Crippen molar-refractivity contribution >= 4 is 10.8 Å². The lowest BCUT2D eigenvalue weighted by Crippen LogP contribution is -2.00. The van der Waals surface area contributed by atoms with Crippen molar-refractivity contribution < 1.29 is 0 Å². The Hall–Kier alpha value is -2.16. The van der Waals surface area contributed by atoms with Gasteiger partial charge in [-0.25, -0.2) is 0 Å². The number of aromatic nitrogens is 3. The van der Waals surface area contributed by atoms with Gasteiger partial charge in [0.25, 0.3) is 0 Å². The fourth-order valence-electron chi connectivity index (χ4n) is 3.92. The highest BCUT2D eigenvalue weighted by Gasteiger charge is 2.07. The molecule has 0 bridgehead atoms. The van der Waals surface area contributed by atoms with E-state index in [0.717, 1.165) is 17.9 Å². The summed E-state index contributed by atoms with van der Waals surface area (Å²) in [7, 11) is 0. The van der Waals surface area contributed by atoms with E-state index >= 15 is 0 Å². The molecule has 0 atom stereocenters. The van der Waals surface area contributed by atoms with Gasteiger partial charge in [-0.05, 0) is 29.3 Å². The van der Waals surface area contributed by atoms with Crippen LogP contribution < -0.4 is 0 Å². The highest BCUT2D eigenvalue weighted by molar-refractivity contribution is 5.84. The second-order valence-electron chi connectivity index (χ2n) is 7.93. The molecule has 3 aromatic rings. The minimum atomic E-state index is 1.00. The normalized spacial score (nSPS) is 11.3. The number of fused-ring (bicyclic) bond motifs is 1. The van der Waals surface area contributed by atoms with Gasteiger partial charge in [-0.1, -0.05) is 101 Å². The molecule has 0 fully saturated rings. The zero-order valence-corrected chi connectivity index (χ0v) is 17.4. The van der Waals surface area contributed by atoms with E-state index in [-0.39, 0.29) is 0 Å². The van der Waals surface area contributed by atoms with Crippen LogP contribution in [0.25, 0.3) is 16.5 Å². The first-order chi connectivity index (χ1) is 13.9. The van der Waals surface area contributed by atoms with E-state index in [0.29, 0.717) is 0 Å². The van der Waals surface area contributed by atoms with Crippen molar-refractivity contribution in [2.45, 2.75) is 84.0 Å². The molecule has 150 valence electrons. The molecule has 3 heteroatoms. The Balaban J connectivity index is 1.38. The molecular formula is C25H35N3. The van der Waals surface area contributed by atoms with E-state index in [2.05, 4.69) is 64.2 Å². The zero-order valence-electron chi connectivity index (χ0n) is 17.4. The lowest BCUT2D eigenvalue weighted by Gasteiger charge is -2.08. The first-order valence-corrected chi connectivity index (χ1v) is 11.3. The van der Waals surface area contributed by atoms with Gasteiger partial charge in [-0.2, -0.15) is 0 Å². The van der Waals surface area contributed by atoms with Gasteiger partial charge in [0.15, 0.2) is 0 Å². The molecule has 3 rings (SSSR count). The molecule has 0 unspecified atom stereocenters. The second kappa shape index (κ2) is 11.6. The van der Waals surface area contributed by atoms with Crippen LogP contribution >= 0.6 is 0 Å². The Labute approximate surface area is 170 Å². The molecule has 1 aromatic heterocycles. The van der Waals surface area contributed by atoms with Crippen molar-refractivity contribution in [3.05, 3.63) is 54.6 Å². The Morgan fingerprint density at radius 1 is 0.714 bits per heavy atom. The van der Waals surface area contributed by atoms with Crippen molar-refractivity contribution in [3.63, 3.8) is 0 Å². The predicted octanol–water partition coefficient (Wildman–Crippen LogP) is 7.27. The predicted molar refractivity (Wildman–Crippen MR) is 119 cm³/mol. The van der Waals surface area contributed by atoms with E-state index in [9.17, 15) is 0 Å².